The number of hydrogen-bond acceptors (Lipinski definition) is 8. The van der Waals surface area contributed by atoms with Crippen molar-refractivity contribution < 1.29 is 13.2 Å². The first-order chi connectivity index (χ1) is 18.0. The van der Waals surface area contributed by atoms with E-state index in [2.05, 4.69) is 30.2 Å². The minimum Gasteiger partial charge on any atom is -0.492 e. The molecule has 9 nitrogen and oxygen atoms in total. The van der Waals surface area contributed by atoms with Gasteiger partial charge in [0, 0.05) is 40.2 Å². The Hall–Kier alpha value is -2.92. The number of anilines is 4. The monoisotopic (exact) mass is 558 g/mol. The normalized spacial score (nSPS) is 14.4. The predicted molar refractivity (Wildman–Crippen MR) is 152 cm³/mol. The van der Waals surface area contributed by atoms with Gasteiger partial charge in [-0.25, -0.2) is 18.1 Å². The smallest absolute Gasteiger partial charge is 0.241 e. The number of ether oxygens (including phenoxy) is 1. The molecule has 1 aromatic heterocycles. The van der Waals surface area contributed by atoms with Crippen molar-refractivity contribution in [2.45, 2.75) is 51.0 Å². The summed E-state index contributed by atoms with van der Waals surface area (Å²) in [6, 6.07) is 12.3. The van der Waals surface area contributed by atoms with Crippen LogP contribution in [0.25, 0.3) is 0 Å². The molecule has 0 unspecified atom stereocenters. The minimum absolute atomic E-state index is 0.0650. The summed E-state index contributed by atoms with van der Waals surface area (Å²) in [4.78, 5) is 11.4. The minimum atomic E-state index is -3.76. The number of aromatic nitrogens is 2. The quantitative estimate of drug-likeness (QED) is 0.300. The maximum Gasteiger partial charge on any atom is 0.241 e. The standard InChI is InChI=1S/C27H35ClN6O3S/c1-19-18-29-26(31-21-7-9-23(10-8-21)37-14-13-34-11-5-6-12-34)32-25(19)30-22-15-20(28)16-24(17-22)38(35,36)33-27(2,3)4/h7-10,15-18,33H,5-6,11-14H2,1-4H3,(H2,29,30,31,32). The zero-order chi connectivity index (χ0) is 27.3. The van der Waals surface area contributed by atoms with E-state index in [-0.39, 0.29) is 9.92 Å². The molecule has 0 radical (unpaired) electrons. The summed E-state index contributed by atoms with van der Waals surface area (Å²) in [5.74, 6) is 1.73. The summed E-state index contributed by atoms with van der Waals surface area (Å²) >= 11 is 6.26. The SMILES string of the molecule is Cc1cnc(Nc2ccc(OCCN3CCCC3)cc2)nc1Nc1cc(Cl)cc(S(=O)(=O)NC(C)(C)C)c1. The van der Waals surface area contributed by atoms with Crippen molar-refractivity contribution in [3.63, 3.8) is 0 Å². The van der Waals surface area contributed by atoms with E-state index in [9.17, 15) is 8.42 Å². The van der Waals surface area contributed by atoms with Gasteiger partial charge in [-0.3, -0.25) is 4.90 Å². The molecule has 0 aliphatic carbocycles. The van der Waals surface area contributed by atoms with E-state index in [1.807, 2.05) is 31.2 Å². The van der Waals surface area contributed by atoms with Gasteiger partial charge in [0.15, 0.2) is 0 Å². The van der Waals surface area contributed by atoms with Crippen LogP contribution in [0.3, 0.4) is 0 Å². The molecule has 204 valence electrons. The summed E-state index contributed by atoms with van der Waals surface area (Å²) in [6.45, 7) is 11.1. The average Bonchev–Trinajstić information content (AvgIpc) is 3.34. The third-order valence-corrected chi connectivity index (χ3v) is 7.80. The summed E-state index contributed by atoms with van der Waals surface area (Å²) in [5, 5.41) is 6.67. The molecule has 1 saturated heterocycles. The lowest BCUT2D eigenvalue weighted by atomic mass is 10.1. The molecule has 2 heterocycles. The number of nitrogens with zero attached hydrogens (tertiary/aromatic N) is 3. The number of nitrogens with one attached hydrogen (secondary N) is 3. The number of rotatable bonds is 10. The Morgan fingerprint density at radius 2 is 1.74 bits per heavy atom. The first-order valence-corrected chi connectivity index (χ1v) is 14.5. The molecule has 38 heavy (non-hydrogen) atoms. The van der Waals surface area contributed by atoms with Crippen LogP contribution in [0, 0.1) is 6.92 Å². The number of benzene rings is 2. The zero-order valence-electron chi connectivity index (χ0n) is 22.2. The van der Waals surface area contributed by atoms with Gasteiger partial charge in [-0.1, -0.05) is 11.6 Å². The Balaban J connectivity index is 1.42. The molecule has 2 aromatic carbocycles. The van der Waals surface area contributed by atoms with Crippen LogP contribution >= 0.6 is 11.6 Å². The van der Waals surface area contributed by atoms with Crippen LogP contribution in [0.1, 0.15) is 39.2 Å². The van der Waals surface area contributed by atoms with Gasteiger partial charge in [-0.15, -0.1) is 0 Å². The van der Waals surface area contributed by atoms with Gasteiger partial charge in [0.25, 0.3) is 0 Å². The van der Waals surface area contributed by atoms with Crippen LogP contribution in [0.4, 0.5) is 23.1 Å². The molecule has 0 atom stereocenters. The van der Waals surface area contributed by atoms with Crippen molar-refractivity contribution in [2.24, 2.45) is 0 Å². The van der Waals surface area contributed by atoms with Crippen LogP contribution < -0.4 is 20.1 Å². The highest BCUT2D eigenvalue weighted by atomic mass is 35.5. The molecule has 0 bridgehead atoms. The fraction of sp³-hybridized carbons (Fsp3) is 0.407. The fourth-order valence-electron chi connectivity index (χ4n) is 4.08. The second-order valence-electron chi connectivity index (χ2n) is 10.4. The van der Waals surface area contributed by atoms with E-state index in [1.54, 1.807) is 33.0 Å². The first-order valence-electron chi connectivity index (χ1n) is 12.6. The Kier molecular flexibility index (Phi) is 8.77. The molecule has 1 aliphatic heterocycles. The van der Waals surface area contributed by atoms with Gasteiger partial charge >= 0.3 is 0 Å². The Labute approximate surface area is 230 Å². The largest absolute Gasteiger partial charge is 0.492 e. The second kappa shape index (κ2) is 11.9. The highest BCUT2D eigenvalue weighted by molar-refractivity contribution is 7.89. The van der Waals surface area contributed by atoms with E-state index in [0.717, 1.165) is 36.6 Å². The summed E-state index contributed by atoms with van der Waals surface area (Å²) in [6.07, 6.45) is 4.24. The summed E-state index contributed by atoms with van der Waals surface area (Å²) < 4.78 is 34.2. The van der Waals surface area contributed by atoms with Crippen molar-refractivity contribution in [1.82, 2.24) is 19.6 Å². The third kappa shape index (κ3) is 8.04. The van der Waals surface area contributed by atoms with Gasteiger partial charge in [0.2, 0.25) is 16.0 Å². The molecular weight excluding hydrogens is 524 g/mol. The van der Waals surface area contributed by atoms with Gasteiger partial charge in [0.1, 0.15) is 18.2 Å². The van der Waals surface area contributed by atoms with E-state index in [0.29, 0.717) is 24.1 Å². The lowest BCUT2D eigenvalue weighted by Gasteiger charge is -2.21. The Morgan fingerprint density at radius 1 is 1.03 bits per heavy atom. The lowest BCUT2D eigenvalue weighted by molar-refractivity contribution is 0.238. The lowest BCUT2D eigenvalue weighted by Crippen LogP contribution is -2.40. The molecule has 0 amide bonds. The molecule has 0 spiro atoms. The van der Waals surface area contributed by atoms with Crippen LogP contribution in [0.2, 0.25) is 5.02 Å². The maximum absolute atomic E-state index is 12.8. The molecule has 0 saturated carbocycles. The molecule has 3 N–H and O–H groups in total. The van der Waals surface area contributed by atoms with Crippen molar-refractivity contribution in [3.8, 4) is 5.75 Å². The molecule has 3 aromatic rings. The van der Waals surface area contributed by atoms with E-state index < -0.39 is 15.6 Å². The van der Waals surface area contributed by atoms with Gasteiger partial charge in [-0.05, 0) is 96.1 Å². The second-order valence-corrected chi connectivity index (χ2v) is 12.5. The van der Waals surface area contributed by atoms with Crippen molar-refractivity contribution in [3.05, 3.63) is 59.2 Å². The van der Waals surface area contributed by atoms with E-state index in [4.69, 9.17) is 16.3 Å². The first kappa shape index (κ1) is 28.1. The zero-order valence-corrected chi connectivity index (χ0v) is 23.8. The van der Waals surface area contributed by atoms with Crippen LogP contribution in [-0.4, -0.2) is 55.1 Å². The van der Waals surface area contributed by atoms with E-state index in [1.165, 1.54) is 25.0 Å². The number of halogens is 1. The summed E-state index contributed by atoms with van der Waals surface area (Å²) in [7, 11) is -3.76. The third-order valence-electron chi connectivity index (χ3n) is 5.84. The van der Waals surface area contributed by atoms with Crippen molar-refractivity contribution in [2.75, 3.05) is 36.9 Å². The number of sulfonamides is 1. The van der Waals surface area contributed by atoms with Crippen LogP contribution in [0.5, 0.6) is 5.75 Å². The van der Waals surface area contributed by atoms with E-state index >= 15 is 0 Å². The van der Waals surface area contributed by atoms with Crippen LogP contribution in [-0.2, 0) is 10.0 Å². The molecule has 4 rings (SSSR count). The predicted octanol–water partition coefficient (Wildman–Crippen LogP) is 5.48. The highest BCUT2D eigenvalue weighted by Crippen LogP contribution is 2.27. The number of hydrogen-bond donors (Lipinski definition) is 3. The number of aryl methyl sites for hydroxylation is 1. The molecular formula is C27H35ClN6O3S. The molecule has 1 aliphatic rings. The Morgan fingerprint density at radius 3 is 2.42 bits per heavy atom. The molecule has 1 fully saturated rings. The molecule has 11 heteroatoms. The fourth-order valence-corrected chi connectivity index (χ4v) is 5.87. The Bertz CT molecular complexity index is 1350. The highest BCUT2D eigenvalue weighted by Gasteiger charge is 2.23. The van der Waals surface area contributed by atoms with Gasteiger partial charge < -0.3 is 15.4 Å². The van der Waals surface area contributed by atoms with Gasteiger partial charge in [-0.2, -0.15) is 4.98 Å². The number of likely N-dealkylation sites (tertiary alicyclic amines) is 1. The van der Waals surface area contributed by atoms with Crippen molar-refractivity contribution in [1.29, 1.82) is 0 Å². The average molecular weight is 559 g/mol. The maximum atomic E-state index is 12.8. The summed E-state index contributed by atoms with van der Waals surface area (Å²) in [5.41, 5.74) is 1.47. The topological polar surface area (TPSA) is 108 Å². The van der Waals surface area contributed by atoms with Crippen LogP contribution in [0.15, 0.2) is 53.6 Å². The van der Waals surface area contributed by atoms with Crippen molar-refractivity contribution >= 4 is 44.8 Å². The van der Waals surface area contributed by atoms with Gasteiger partial charge in [0.05, 0.1) is 4.90 Å².